The zero-order valence-corrected chi connectivity index (χ0v) is 23.2. The maximum Gasteiger partial charge on any atom is 0.253 e. The minimum absolute atomic E-state index is 0.00475. The molecule has 2 saturated heterocycles. The molecule has 2 aromatic rings. The number of amides is 3. The Bertz CT molecular complexity index is 1400. The Morgan fingerprint density at radius 2 is 1.68 bits per heavy atom. The molecular formula is C32H37N3O5. The Kier molecular flexibility index (Phi) is 6.79. The zero-order valence-electron chi connectivity index (χ0n) is 23.2. The molecule has 0 bridgehead atoms. The highest BCUT2D eigenvalue weighted by atomic mass is 16.5. The first-order valence-corrected chi connectivity index (χ1v) is 14.4. The van der Waals surface area contributed by atoms with Crippen molar-refractivity contribution < 1.29 is 24.2 Å². The predicted molar refractivity (Wildman–Crippen MR) is 152 cm³/mol. The minimum atomic E-state index is -1.27. The average molecular weight is 544 g/mol. The first-order valence-electron chi connectivity index (χ1n) is 14.4. The van der Waals surface area contributed by atoms with Crippen molar-refractivity contribution in [2.45, 2.75) is 50.4 Å². The van der Waals surface area contributed by atoms with Gasteiger partial charge in [-0.3, -0.25) is 14.4 Å². The lowest BCUT2D eigenvalue weighted by atomic mass is 9.74. The number of ether oxygens (including phenoxy) is 1. The maximum absolute atomic E-state index is 14.6. The van der Waals surface area contributed by atoms with Crippen molar-refractivity contribution in [3.05, 3.63) is 66.8 Å². The summed E-state index contributed by atoms with van der Waals surface area (Å²) >= 11 is 0. The molecule has 1 spiro atoms. The van der Waals surface area contributed by atoms with Crippen LogP contribution in [0.5, 0.6) is 0 Å². The second kappa shape index (κ2) is 10.2. The number of carbonyl (C=O) groups excluding carboxylic acids is 3. The van der Waals surface area contributed by atoms with Crippen LogP contribution in [0.2, 0.25) is 0 Å². The molecule has 3 amide bonds. The van der Waals surface area contributed by atoms with E-state index < -0.39 is 29.1 Å². The molecule has 0 aromatic heterocycles. The second-order valence-electron chi connectivity index (χ2n) is 11.5. The summed E-state index contributed by atoms with van der Waals surface area (Å²) in [5.74, 6) is -2.10. The fourth-order valence-corrected chi connectivity index (χ4v) is 7.25. The summed E-state index contributed by atoms with van der Waals surface area (Å²) in [6.45, 7) is 5.62. The number of aliphatic hydroxyl groups is 1. The van der Waals surface area contributed by atoms with E-state index in [0.29, 0.717) is 39.0 Å². The first kappa shape index (κ1) is 26.7. The van der Waals surface area contributed by atoms with E-state index in [2.05, 4.69) is 0 Å². The number of rotatable bonds is 7. The quantitative estimate of drug-likeness (QED) is 0.428. The largest absolute Gasteiger partial charge is 0.396 e. The molecule has 0 aliphatic carbocycles. The van der Waals surface area contributed by atoms with Crippen LogP contribution in [0.1, 0.15) is 33.1 Å². The number of carbonyl (C=O) groups is 3. The summed E-state index contributed by atoms with van der Waals surface area (Å²) < 4.78 is 6.88. The molecule has 8 nitrogen and oxygen atoms in total. The van der Waals surface area contributed by atoms with Crippen LogP contribution in [0, 0.1) is 11.8 Å². The molecule has 2 fully saturated rings. The topological polar surface area (TPSA) is 90.4 Å². The van der Waals surface area contributed by atoms with Crippen LogP contribution >= 0.6 is 0 Å². The predicted octanol–water partition coefficient (Wildman–Crippen LogP) is 3.29. The van der Waals surface area contributed by atoms with Crippen LogP contribution in [0.25, 0.3) is 10.8 Å². The summed E-state index contributed by atoms with van der Waals surface area (Å²) in [5.41, 5.74) is -1.54. The molecule has 1 N–H and O–H groups in total. The van der Waals surface area contributed by atoms with Crippen LogP contribution in [0.3, 0.4) is 0 Å². The van der Waals surface area contributed by atoms with E-state index in [9.17, 15) is 19.5 Å². The third-order valence-corrected chi connectivity index (χ3v) is 8.99. The number of nitrogens with zero attached hydrogens (tertiary/aromatic N) is 3. The van der Waals surface area contributed by atoms with E-state index in [4.69, 9.17) is 4.74 Å². The Hall–Kier alpha value is -3.49. The molecular weight excluding hydrogens is 506 g/mol. The molecule has 210 valence electrons. The first-order chi connectivity index (χ1) is 19.3. The highest BCUT2D eigenvalue weighted by Gasteiger charge is 2.74. The fourth-order valence-electron chi connectivity index (χ4n) is 7.25. The summed E-state index contributed by atoms with van der Waals surface area (Å²) in [5, 5.41) is 11.5. The van der Waals surface area contributed by atoms with Crippen molar-refractivity contribution in [1.29, 1.82) is 0 Å². The van der Waals surface area contributed by atoms with Gasteiger partial charge in [0.05, 0.1) is 17.4 Å². The van der Waals surface area contributed by atoms with Gasteiger partial charge in [0.25, 0.3) is 5.91 Å². The van der Waals surface area contributed by atoms with E-state index in [0.717, 1.165) is 22.9 Å². The second-order valence-corrected chi connectivity index (χ2v) is 11.5. The zero-order chi connectivity index (χ0) is 28.1. The average Bonchev–Trinajstić information content (AvgIpc) is 3.21. The molecule has 6 rings (SSSR count). The lowest BCUT2D eigenvalue weighted by Crippen LogP contribution is -2.56. The van der Waals surface area contributed by atoms with Gasteiger partial charge in [-0.15, -0.1) is 0 Å². The van der Waals surface area contributed by atoms with Crippen LogP contribution < -0.4 is 4.90 Å². The molecule has 8 heteroatoms. The SMILES string of the molecule is CCCN1CC=C[C@]2(C)O[C@]34C=CCN(c5ccc6ccccc6c5)C(=O)C3N(CCCCO)C(=O)[C@@H]4[C@@H]2C1=O. The van der Waals surface area contributed by atoms with Crippen LogP contribution in [-0.4, -0.2) is 82.7 Å². The Balaban J connectivity index is 1.45. The number of unbranched alkanes of at least 4 members (excludes halogenated alkanes) is 1. The molecule has 4 aliphatic rings. The van der Waals surface area contributed by atoms with Crippen molar-refractivity contribution in [3.63, 3.8) is 0 Å². The van der Waals surface area contributed by atoms with Crippen molar-refractivity contribution in [3.8, 4) is 0 Å². The smallest absolute Gasteiger partial charge is 0.253 e. The number of benzene rings is 2. The van der Waals surface area contributed by atoms with Gasteiger partial charge in [0.15, 0.2) is 0 Å². The molecule has 1 unspecified atom stereocenters. The minimum Gasteiger partial charge on any atom is -0.396 e. The van der Waals surface area contributed by atoms with Crippen molar-refractivity contribution >= 4 is 34.2 Å². The molecule has 4 heterocycles. The van der Waals surface area contributed by atoms with E-state index >= 15 is 0 Å². The lowest BCUT2D eigenvalue weighted by molar-refractivity contribution is -0.148. The molecule has 5 atom stereocenters. The van der Waals surface area contributed by atoms with Gasteiger partial charge < -0.3 is 24.5 Å². The fraction of sp³-hybridized carbons (Fsp3) is 0.469. The maximum atomic E-state index is 14.6. The van der Waals surface area contributed by atoms with Gasteiger partial charge in [0.2, 0.25) is 11.8 Å². The van der Waals surface area contributed by atoms with Crippen molar-refractivity contribution in [1.82, 2.24) is 9.80 Å². The lowest BCUT2D eigenvalue weighted by Gasteiger charge is -2.37. The van der Waals surface area contributed by atoms with Crippen LogP contribution in [-0.2, 0) is 19.1 Å². The van der Waals surface area contributed by atoms with Gasteiger partial charge in [0, 0.05) is 38.5 Å². The Morgan fingerprint density at radius 1 is 0.900 bits per heavy atom. The number of fused-ring (bicyclic) bond motifs is 3. The third-order valence-electron chi connectivity index (χ3n) is 8.99. The Labute approximate surface area is 234 Å². The van der Waals surface area contributed by atoms with Gasteiger partial charge in [0.1, 0.15) is 11.6 Å². The van der Waals surface area contributed by atoms with Gasteiger partial charge in [-0.05, 0) is 49.1 Å². The molecule has 4 aliphatic heterocycles. The van der Waals surface area contributed by atoms with E-state index in [1.165, 1.54) is 0 Å². The summed E-state index contributed by atoms with van der Waals surface area (Å²) in [4.78, 5) is 48.0. The number of hydrogen-bond acceptors (Lipinski definition) is 5. The summed E-state index contributed by atoms with van der Waals surface area (Å²) in [6, 6.07) is 13.0. The molecule has 0 saturated carbocycles. The Morgan fingerprint density at radius 3 is 2.45 bits per heavy atom. The molecule has 2 aromatic carbocycles. The normalized spacial score (nSPS) is 31.4. The summed E-state index contributed by atoms with van der Waals surface area (Å²) in [6.07, 6.45) is 9.54. The number of aliphatic hydroxyl groups excluding tert-OH is 1. The monoisotopic (exact) mass is 543 g/mol. The van der Waals surface area contributed by atoms with Crippen molar-refractivity contribution in [2.24, 2.45) is 11.8 Å². The van der Waals surface area contributed by atoms with Gasteiger partial charge in [-0.1, -0.05) is 61.6 Å². The van der Waals surface area contributed by atoms with Gasteiger partial charge in [-0.2, -0.15) is 0 Å². The van der Waals surface area contributed by atoms with Crippen molar-refractivity contribution in [2.75, 3.05) is 37.7 Å². The standard InChI is InChI=1S/C32H37N3O5/c1-3-16-33-17-8-14-31(2)25(28(33)37)26-29(38)35(18-6-7-20-36)27-30(39)34(19-9-15-32(26,27)40-31)24-13-12-22-10-4-5-11-23(22)21-24/h4-5,8-15,21,25-27,36H,3,6-7,16-20H2,1-2H3/t25-,26+,27?,31+,32+/m1/s1. The molecule has 0 radical (unpaired) electrons. The van der Waals surface area contributed by atoms with Crippen LogP contribution in [0.4, 0.5) is 5.69 Å². The highest BCUT2D eigenvalue weighted by Crippen LogP contribution is 2.57. The van der Waals surface area contributed by atoms with E-state index in [1.54, 1.807) is 14.7 Å². The van der Waals surface area contributed by atoms with E-state index in [-0.39, 0.29) is 24.3 Å². The summed E-state index contributed by atoms with van der Waals surface area (Å²) in [7, 11) is 0. The van der Waals surface area contributed by atoms with E-state index in [1.807, 2.05) is 80.6 Å². The number of likely N-dealkylation sites (tertiary alicyclic amines) is 1. The number of hydrogen-bond donors (Lipinski definition) is 1. The molecule has 40 heavy (non-hydrogen) atoms. The third kappa shape index (κ3) is 3.99. The van der Waals surface area contributed by atoms with Gasteiger partial charge >= 0.3 is 0 Å². The highest BCUT2D eigenvalue weighted by molar-refractivity contribution is 6.06. The number of anilines is 1. The van der Waals surface area contributed by atoms with Crippen LogP contribution in [0.15, 0.2) is 66.8 Å². The van der Waals surface area contributed by atoms with Gasteiger partial charge in [-0.25, -0.2) is 0 Å².